The van der Waals surface area contributed by atoms with Crippen LogP contribution in [0.5, 0.6) is 0 Å². The number of hydrogen-bond donors (Lipinski definition) is 2. The summed E-state index contributed by atoms with van der Waals surface area (Å²) in [7, 11) is 0. The predicted octanol–water partition coefficient (Wildman–Crippen LogP) is 3.18. The van der Waals surface area contributed by atoms with Gasteiger partial charge in [-0.3, -0.25) is 0 Å². The third-order valence-electron chi connectivity index (χ3n) is 2.10. The molecule has 0 aliphatic carbocycles. The number of aromatic carboxylic acids is 1. The third-order valence-corrected chi connectivity index (χ3v) is 2.34. The molecule has 4 nitrogen and oxygen atoms in total. The Kier molecular flexibility index (Phi) is 3.25. The summed E-state index contributed by atoms with van der Waals surface area (Å²) >= 11 is 5.84. The van der Waals surface area contributed by atoms with Gasteiger partial charge in [0.1, 0.15) is 5.82 Å². The molecule has 1 aromatic heterocycles. The molecule has 2 N–H and O–H groups in total. The number of anilines is 2. The van der Waals surface area contributed by atoms with Crippen LogP contribution < -0.4 is 5.32 Å². The van der Waals surface area contributed by atoms with Crippen molar-refractivity contribution >= 4 is 29.1 Å². The first kappa shape index (κ1) is 11.4. The van der Waals surface area contributed by atoms with Gasteiger partial charge in [-0.05, 0) is 30.3 Å². The fourth-order valence-electron chi connectivity index (χ4n) is 1.35. The lowest BCUT2D eigenvalue weighted by Gasteiger charge is -2.06. The molecule has 0 saturated carbocycles. The highest BCUT2D eigenvalue weighted by Crippen LogP contribution is 2.19. The summed E-state index contributed by atoms with van der Waals surface area (Å²) in [5, 5.41) is 12.4. The molecule has 0 unspecified atom stereocenters. The van der Waals surface area contributed by atoms with Crippen LogP contribution in [0.1, 0.15) is 10.4 Å². The lowest BCUT2D eigenvalue weighted by molar-refractivity contribution is 0.0697. The van der Waals surface area contributed by atoms with E-state index in [1.54, 1.807) is 18.2 Å². The number of halogens is 1. The number of carboxylic acids is 1. The molecule has 1 heterocycles. The van der Waals surface area contributed by atoms with Gasteiger partial charge in [0.25, 0.3) is 0 Å². The fourth-order valence-corrected chi connectivity index (χ4v) is 1.54. The standard InChI is InChI=1S/C12H9ClN2O2/c13-9-2-1-3-10(7-9)15-11-6-8(12(16)17)4-5-14-11/h1-7H,(H,14,15)(H,16,17). The van der Waals surface area contributed by atoms with Crippen molar-refractivity contribution in [3.63, 3.8) is 0 Å². The zero-order valence-corrected chi connectivity index (χ0v) is 9.48. The van der Waals surface area contributed by atoms with E-state index in [2.05, 4.69) is 10.3 Å². The number of nitrogens with one attached hydrogen (secondary N) is 1. The number of aromatic nitrogens is 1. The van der Waals surface area contributed by atoms with Crippen LogP contribution in [0, 0.1) is 0 Å². The average Bonchev–Trinajstić information content (AvgIpc) is 2.29. The second kappa shape index (κ2) is 4.84. The highest BCUT2D eigenvalue weighted by atomic mass is 35.5. The molecule has 86 valence electrons. The lowest BCUT2D eigenvalue weighted by Crippen LogP contribution is -1.99. The molecular weight excluding hydrogens is 240 g/mol. The van der Waals surface area contributed by atoms with Crippen LogP contribution in [-0.4, -0.2) is 16.1 Å². The van der Waals surface area contributed by atoms with Gasteiger partial charge < -0.3 is 10.4 Å². The molecule has 0 amide bonds. The smallest absolute Gasteiger partial charge is 0.335 e. The number of rotatable bonds is 3. The van der Waals surface area contributed by atoms with Gasteiger partial charge in [-0.1, -0.05) is 17.7 Å². The van der Waals surface area contributed by atoms with Crippen molar-refractivity contribution in [1.29, 1.82) is 0 Å². The molecule has 0 fully saturated rings. The summed E-state index contributed by atoms with van der Waals surface area (Å²) in [5.74, 6) is -0.520. The Bertz CT molecular complexity index is 558. The van der Waals surface area contributed by atoms with Crippen molar-refractivity contribution in [1.82, 2.24) is 4.98 Å². The first-order valence-corrected chi connectivity index (χ1v) is 5.25. The molecule has 0 radical (unpaired) electrons. The van der Waals surface area contributed by atoms with Gasteiger partial charge in [-0.2, -0.15) is 0 Å². The number of carbonyl (C=O) groups is 1. The van der Waals surface area contributed by atoms with Crippen LogP contribution in [0.4, 0.5) is 11.5 Å². The maximum atomic E-state index is 10.8. The zero-order valence-electron chi connectivity index (χ0n) is 8.72. The van der Waals surface area contributed by atoms with E-state index in [0.29, 0.717) is 10.8 Å². The van der Waals surface area contributed by atoms with Crippen LogP contribution in [0.3, 0.4) is 0 Å². The van der Waals surface area contributed by atoms with Crippen molar-refractivity contribution in [2.24, 2.45) is 0 Å². The summed E-state index contributed by atoms with van der Waals surface area (Å²) in [6.45, 7) is 0. The first-order valence-electron chi connectivity index (χ1n) is 4.87. The first-order chi connectivity index (χ1) is 8.15. The Hall–Kier alpha value is -2.07. The van der Waals surface area contributed by atoms with Crippen molar-refractivity contribution in [2.75, 3.05) is 5.32 Å². The molecule has 5 heteroatoms. The van der Waals surface area contributed by atoms with Crippen LogP contribution >= 0.6 is 11.6 Å². The van der Waals surface area contributed by atoms with Gasteiger partial charge in [0, 0.05) is 16.9 Å². The maximum Gasteiger partial charge on any atom is 0.335 e. The number of nitrogens with zero attached hydrogens (tertiary/aromatic N) is 1. The van der Waals surface area contributed by atoms with Gasteiger partial charge in [0.2, 0.25) is 0 Å². The van der Waals surface area contributed by atoms with Crippen molar-refractivity contribution in [3.05, 3.63) is 53.2 Å². The van der Waals surface area contributed by atoms with Crippen LogP contribution in [-0.2, 0) is 0 Å². The Morgan fingerprint density at radius 1 is 1.29 bits per heavy atom. The molecule has 17 heavy (non-hydrogen) atoms. The molecule has 2 aromatic rings. The van der Waals surface area contributed by atoms with E-state index < -0.39 is 5.97 Å². The van der Waals surface area contributed by atoms with E-state index in [4.69, 9.17) is 16.7 Å². The van der Waals surface area contributed by atoms with Crippen molar-refractivity contribution in [3.8, 4) is 0 Å². The normalized spacial score (nSPS) is 9.94. The maximum absolute atomic E-state index is 10.8. The summed E-state index contributed by atoms with van der Waals surface area (Å²) in [4.78, 5) is 14.8. The highest BCUT2D eigenvalue weighted by molar-refractivity contribution is 6.30. The number of carboxylic acid groups (broad SMARTS) is 1. The van der Waals surface area contributed by atoms with Crippen molar-refractivity contribution < 1.29 is 9.90 Å². The summed E-state index contributed by atoms with van der Waals surface area (Å²) in [6, 6.07) is 10.0. The third kappa shape index (κ3) is 2.95. The van der Waals surface area contributed by atoms with Crippen molar-refractivity contribution in [2.45, 2.75) is 0 Å². The fraction of sp³-hybridized carbons (Fsp3) is 0. The largest absolute Gasteiger partial charge is 0.478 e. The number of hydrogen-bond acceptors (Lipinski definition) is 3. The second-order valence-electron chi connectivity index (χ2n) is 3.37. The van der Waals surface area contributed by atoms with E-state index in [1.165, 1.54) is 18.3 Å². The SMILES string of the molecule is O=C(O)c1ccnc(Nc2cccc(Cl)c2)c1. The van der Waals surface area contributed by atoms with E-state index >= 15 is 0 Å². The average molecular weight is 249 g/mol. The predicted molar refractivity (Wildman–Crippen MR) is 65.9 cm³/mol. The van der Waals surface area contributed by atoms with Crippen LogP contribution in [0.2, 0.25) is 5.02 Å². The highest BCUT2D eigenvalue weighted by Gasteiger charge is 2.04. The van der Waals surface area contributed by atoms with E-state index in [9.17, 15) is 4.79 Å². The molecule has 2 rings (SSSR count). The Labute approximate surface area is 103 Å². The molecule has 0 spiro atoms. The summed E-state index contributed by atoms with van der Waals surface area (Å²) in [5.41, 5.74) is 0.942. The van der Waals surface area contributed by atoms with Gasteiger partial charge in [0.05, 0.1) is 5.56 Å². The van der Waals surface area contributed by atoms with Gasteiger partial charge in [-0.25, -0.2) is 9.78 Å². The summed E-state index contributed by atoms with van der Waals surface area (Å²) in [6.07, 6.45) is 1.44. The minimum absolute atomic E-state index is 0.185. The van der Waals surface area contributed by atoms with E-state index in [1.807, 2.05) is 6.07 Å². The Morgan fingerprint density at radius 2 is 2.12 bits per heavy atom. The Morgan fingerprint density at radius 3 is 2.82 bits per heavy atom. The van der Waals surface area contributed by atoms with E-state index in [-0.39, 0.29) is 5.56 Å². The topological polar surface area (TPSA) is 62.2 Å². The Balaban J connectivity index is 2.24. The molecule has 0 bridgehead atoms. The van der Waals surface area contributed by atoms with Gasteiger partial charge in [-0.15, -0.1) is 0 Å². The molecule has 0 aliphatic heterocycles. The molecule has 0 aliphatic rings. The monoisotopic (exact) mass is 248 g/mol. The van der Waals surface area contributed by atoms with E-state index in [0.717, 1.165) is 5.69 Å². The quantitative estimate of drug-likeness (QED) is 0.876. The molecular formula is C12H9ClN2O2. The minimum atomic E-state index is -0.985. The number of benzene rings is 1. The number of pyridine rings is 1. The second-order valence-corrected chi connectivity index (χ2v) is 3.81. The lowest BCUT2D eigenvalue weighted by atomic mass is 10.2. The molecule has 0 saturated heterocycles. The molecule has 1 aromatic carbocycles. The van der Waals surface area contributed by atoms with Gasteiger partial charge in [0.15, 0.2) is 0 Å². The summed E-state index contributed by atoms with van der Waals surface area (Å²) < 4.78 is 0. The minimum Gasteiger partial charge on any atom is -0.478 e. The van der Waals surface area contributed by atoms with Gasteiger partial charge >= 0.3 is 5.97 Å². The van der Waals surface area contributed by atoms with Crippen LogP contribution in [0.15, 0.2) is 42.6 Å². The molecule has 0 atom stereocenters. The van der Waals surface area contributed by atoms with Crippen LogP contribution in [0.25, 0.3) is 0 Å². The zero-order chi connectivity index (χ0) is 12.3.